The Labute approximate surface area is 233 Å². The minimum absolute atomic E-state index is 0.123. The van der Waals surface area contributed by atoms with Gasteiger partial charge in [0.25, 0.3) is 0 Å². The third-order valence-corrected chi connectivity index (χ3v) is 6.50. The molecule has 40 heavy (non-hydrogen) atoms. The molecule has 1 aliphatic rings. The summed E-state index contributed by atoms with van der Waals surface area (Å²) in [5.74, 6) is -6.10. The average molecular weight is 596 g/mol. The molecule has 0 radical (unpaired) electrons. The topological polar surface area (TPSA) is 90.9 Å². The van der Waals surface area contributed by atoms with Crippen molar-refractivity contribution in [3.05, 3.63) is 56.6 Å². The van der Waals surface area contributed by atoms with E-state index in [1.54, 1.807) is 6.92 Å². The van der Waals surface area contributed by atoms with Crippen molar-refractivity contribution < 1.29 is 50.5 Å². The molecule has 0 aliphatic carbocycles. The number of alkyl halides is 4. The molecule has 0 saturated heterocycles. The van der Waals surface area contributed by atoms with E-state index in [4.69, 9.17) is 21.1 Å². The number of dihydropyridines is 1. The number of hydrogen-bond acceptors (Lipinski definition) is 7. The maximum absolute atomic E-state index is 15.2. The van der Waals surface area contributed by atoms with Gasteiger partial charge in [0.15, 0.2) is 0 Å². The van der Waals surface area contributed by atoms with Crippen molar-refractivity contribution in [2.24, 2.45) is 0 Å². The smallest absolute Gasteiger partial charge is 0.418 e. The second-order valence-electron chi connectivity index (χ2n) is 8.89. The normalized spacial score (nSPS) is 15.6. The summed E-state index contributed by atoms with van der Waals surface area (Å²) in [5, 5.41) is 1.63. The van der Waals surface area contributed by atoms with Gasteiger partial charge in [0.05, 0.1) is 53.7 Å². The predicted octanol–water partition coefficient (Wildman–Crippen LogP) is 6.30. The molecule has 1 aromatic carbocycles. The van der Waals surface area contributed by atoms with Crippen molar-refractivity contribution in [1.82, 2.24) is 5.32 Å². The quantitative estimate of drug-likeness (QED) is 0.124. The van der Waals surface area contributed by atoms with Gasteiger partial charge >= 0.3 is 24.1 Å². The van der Waals surface area contributed by atoms with E-state index in [1.165, 1.54) is 6.92 Å². The van der Waals surface area contributed by atoms with Crippen LogP contribution >= 0.6 is 11.6 Å². The lowest BCUT2D eigenvalue weighted by molar-refractivity contribution is -0.143. The summed E-state index contributed by atoms with van der Waals surface area (Å²) in [6.45, 7) is 1.82. The van der Waals surface area contributed by atoms with E-state index in [0.29, 0.717) is 44.4 Å². The third kappa shape index (κ3) is 8.18. The Bertz CT molecular complexity index is 1160. The number of esters is 3. The lowest BCUT2D eigenvalue weighted by atomic mass is 9.78. The van der Waals surface area contributed by atoms with Crippen molar-refractivity contribution >= 4 is 29.5 Å². The number of carbonyl (C=O) groups excluding carboxylic acids is 3. The molecule has 0 bridgehead atoms. The Hall–Kier alpha value is -3.15. The van der Waals surface area contributed by atoms with Crippen LogP contribution < -0.4 is 5.32 Å². The van der Waals surface area contributed by atoms with Crippen LogP contribution in [0, 0.1) is 5.82 Å². The van der Waals surface area contributed by atoms with Crippen LogP contribution in [0.3, 0.4) is 0 Å². The fourth-order valence-electron chi connectivity index (χ4n) is 4.43. The van der Waals surface area contributed by atoms with Gasteiger partial charge < -0.3 is 19.5 Å². The van der Waals surface area contributed by atoms with Crippen molar-refractivity contribution in [2.75, 3.05) is 27.0 Å². The lowest BCUT2D eigenvalue weighted by Gasteiger charge is -2.32. The highest BCUT2D eigenvalue weighted by Crippen LogP contribution is 2.47. The first-order valence-electron chi connectivity index (χ1n) is 12.6. The monoisotopic (exact) mass is 595 g/mol. The van der Waals surface area contributed by atoms with E-state index in [1.807, 2.05) is 0 Å². The summed E-state index contributed by atoms with van der Waals surface area (Å²) in [5.41, 5.74) is -4.57. The number of carbonyl (C=O) groups is 3. The van der Waals surface area contributed by atoms with E-state index >= 15 is 4.39 Å². The number of rotatable bonds is 13. The van der Waals surface area contributed by atoms with Crippen LogP contribution in [0.2, 0.25) is 5.02 Å². The number of nitrogens with one attached hydrogen (secondary N) is 1. The molecule has 0 aromatic heterocycles. The summed E-state index contributed by atoms with van der Waals surface area (Å²) < 4.78 is 86.2. The van der Waals surface area contributed by atoms with Gasteiger partial charge in [-0.05, 0) is 38.8 Å². The van der Waals surface area contributed by atoms with E-state index < -0.39 is 69.5 Å². The fourth-order valence-corrected chi connectivity index (χ4v) is 4.70. The fraction of sp³-hybridized carbons (Fsp3) is 0.519. The van der Waals surface area contributed by atoms with Gasteiger partial charge in [-0.1, -0.05) is 30.9 Å². The predicted molar refractivity (Wildman–Crippen MR) is 135 cm³/mol. The maximum Gasteiger partial charge on any atom is 0.418 e. The first kappa shape index (κ1) is 33.1. The number of methoxy groups -OCH3 is 1. The van der Waals surface area contributed by atoms with Crippen LogP contribution in [0.25, 0.3) is 0 Å². The second kappa shape index (κ2) is 15.0. The Morgan fingerprint density at radius 2 is 1.65 bits per heavy atom. The number of allylic oxidation sites excluding steroid dienone is 2. The van der Waals surface area contributed by atoms with Crippen LogP contribution in [0.4, 0.5) is 22.0 Å². The molecule has 0 fully saturated rings. The zero-order valence-electron chi connectivity index (χ0n) is 22.3. The van der Waals surface area contributed by atoms with Crippen molar-refractivity contribution in [3.8, 4) is 0 Å². The largest absolute Gasteiger partial charge is 0.466 e. The molecule has 7 nitrogen and oxygen atoms in total. The molecule has 1 aliphatic heterocycles. The van der Waals surface area contributed by atoms with E-state index in [0.717, 1.165) is 20.0 Å². The highest BCUT2D eigenvalue weighted by atomic mass is 35.5. The molecule has 13 heteroatoms. The minimum atomic E-state index is -5.19. The Morgan fingerprint density at radius 3 is 2.25 bits per heavy atom. The Morgan fingerprint density at radius 1 is 1.00 bits per heavy atom. The van der Waals surface area contributed by atoms with Gasteiger partial charge in [0.2, 0.25) is 0 Å². The van der Waals surface area contributed by atoms with E-state index in [-0.39, 0.29) is 18.3 Å². The Balaban J connectivity index is 2.33. The van der Waals surface area contributed by atoms with E-state index in [9.17, 15) is 31.9 Å². The zero-order valence-corrected chi connectivity index (χ0v) is 23.1. The zero-order chi connectivity index (χ0) is 30.0. The first-order chi connectivity index (χ1) is 18.9. The second-order valence-corrected chi connectivity index (χ2v) is 9.30. The van der Waals surface area contributed by atoms with Crippen LogP contribution in [0.1, 0.15) is 69.4 Å². The summed E-state index contributed by atoms with van der Waals surface area (Å²) in [6, 6.07) is 1.36. The number of unbranched alkanes of at least 4 members (excludes halogenated alkanes) is 4. The van der Waals surface area contributed by atoms with Gasteiger partial charge in [-0.2, -0.15) is 13.2 Å². The highest BCUT2D eigenvalue weighted by Gasteiger charge is 2.46. The van der Waals surface area contributed by atoms with Gasteiger partial charge in [0.1, 0.15) is 12.5 Å². The summed E-state index contributed by atoms with van der Waals surface area (Å²) in [7, 11) is 0.914. The van der Waals surface area contributed by atoms with Crippen molar-refractivity contribution in [2.45, 2.75) is 64.5 Å². The highest BCUT2D eigenvalue weighted by molar-refractivity contribution is 6.31. The molecular formula is C27H31ClF5NO6. The van der Waals surface area contributed by atoms with Crippen LogP contribution in [0.15, 0.2) is 34.7 Å². The maximum atomic E-state index is 15.2. The van der Waals surface area contributed by atoms with Crippen LogP contribution in [-0.2, 0) is 34.8 Å². The molecule has 0 saturated carbocycles. The number of benzene rings is 1. The number of ether oxygens (including phenoxy) is 3. The van der Waals surface area contributed by atoms with Crippen molar-refractivity contribution in [3.63, 3.8) is 0 Å². The SMILES string of the molecule is CCOC(=O)CCCCCCCOC(=O)C1=C(C)NC(CF)=C(C(=O)OC)C1c1c(F)ccc(Cl)c1C(F)(F)F. The number of halogens is 6. The lowest BCUT2D eigenvalue weighted by Crippen LogP contribution is -2.35. The molecule has 2 rings (SSSR count). The molecular weight excluding hydrogens is 565 g/mol. The minimum Gasteiger partial charge on any atom is -0.466 e. The summed E-state index contributed by atoms with van der Waals surface area (Å²) in [6.07, 6.45) is -1.80. The molecule has 0 amide bonds. The third-order valence-electron chi connectivity index (χ3n) is 6.18. The van der Waals surface area contributed by atoms with Gasteiger partial charge in [0, 0.05) is 17.7 Å². The van der Waals surface area contributed by atoms with Crippen LogP contribution in [-0.4, -0.2) is 44.9 Å². The van der Waals surface area contributed by atoms with Crippen LogP contribution in [0.5, 0.6) is 0 Å². The van der Waals surface area contributed by atoms with Gasteiger partial charge in [-0.15, -0.1) is 0 Å². The summed E-state index contributed by atoms with van der Waals surface area (Å²) in [4.78, 5) is 37.2. The number of hydrogen-bond donors (Lipinski definition) is 1. The Kier molecular flexibility index (Phi) is 12.4. The van der Waals surface area contributed by atoms with Crippen molar-refractivity contribution in [1.29, 1.82) is 0 Å². The summed E-state index contributed by atoms with van der Waals surface area (Å²) >= 11 is 5.82. The molecule has 222 valence electrons. The first-order valence-corrected chi connectivity index (χ1v) is 13.0. The van der Waals surface area contributed by atoms with Gasteiger partial charge in [-0.3, -0.25) is 4.79 Å². The molecule has 1 unspecified atom stereocenters. The molecule has 0 spiro atoms. The average Bonchev–Trinajstić information content (AvgIpc) is 2.89. The molecule has 1 N–H and O–H groups in total. The van der Waals surface area contributed by atoms with E-state index in [2.05, 4.69) is 10.1 Å². The molecule has 1 heterocycles. The standard InChI is InChI=1S/C27H31ClF5NO6/c1-4-39-19(35)10-8-6-5-7-9-13-40-26(37)20-15(2)34-18(14-29)22(25(36)38-3)23(20)21-17(30)12-11-16(28)24(21)27(31,32)33/h11-12,23,34H,4-10,13-14H2,1-3H3. The molecule has 1 atom stereocenters. The molecule has 1 aromatic rings. The van der Waals surface area contributed by atoms with Gasteiger partial charge in [-0.25, -0.2) is 18.4 Å².